The third kappa shape index (κ3) is 4.17. The molecule has 126 valence electrons. The number of methoxy groups -OCH3 is 2. The van der Waals surface area contributed by atoms with Crippen LogP contribution in [-0.2, 0) is 11.3 Å². The van der Waals surface area contributed by atoms with Crippen LogP contribution in [-0.4, -0.2) is 25.8 Å². The van der Waals surface area contributed by atoms with Crippen molar-refractivity contribution in [3.05, 3.63) is 65.0 Å². The maximum absolute atomic E-state index is 13.6. The number of hydrazone groups is 1. The first-order valence-corrected chi connectivity index (χ1v) is 7.32. The molecule has 2 aromatic carbocycles. The molecule has 0 unspecified atom stereocenters. The van der Waals surface area contributed by atoms with Crippen LogP contribution in [0.2, 0.25) is 0 Å². The summed E-state index contributed by atoms with van der Waals surface area (Å²) in [5.74, 6) is -0.475. The van der Waals surface area contributed by atoms with Gasteiger partial charge in [0, 0.05) is 12.7 Å². The van der Waals surface area contributed by atoms with Crippen molar-refractivity contribution in [2.75, 3.05) is 14.2 Å². The number of hydrogen-bond donors (Lipinski definition) is 1. The Labute approximate surface area is 140 Å². The first-order valence-electron chi connectivity index (χ1n) is 7.32. The van der Waals surface area contributed by atoms with Crippen molar-refractivity contribution in [2.24, 2.45) is 5.10 Å². The van der Waals surface area contributed by atoms with Crippen LogP contribution >= 0.6 is 0 Å². The Morgan fingerprint density at radius 3 is 2.62 bits per heavy atom. The molecule has 0 radical (unpaired) electrons. The standard InChI is InChI=1S/C18H19FN2O3/c1-12(13-8-9-17(24-3)14(10-13)11-23-2)20-21-18(22)15-6-4-5-7-16(15)19/h4-10H,11H2,1-3H3,(H,21,22)/b20-12-. The molecule has 0 aromatic heterocycles. The van der Waals surface area contributed by atoms with Crippen LogP contribution in [0.1, 0.15) is 28.4 Å². The highest BCUT2D eigenvalue weighted by Gasteiger charge is 2.11. The van der Waals surface area contributed by atoms with Crippen molar-refractivity contribution in [3.63, 3.8) is 0 Å². The van der Waals surface area contributed by atoms with Crippen molar-refractivity contribution in [1.82, 2.24) is 5.43 Å². The van der Waals surface area contributed by atoms with Crippen LogP contribution < -0.4 is 10.2 Å². The summed E-state index contributed by atoms with van der Waals surface area (Å²) in [6.45, 7) is 2.14. The number of amides is 1. The van der Waals surface area contributed by atoms with Crippen molar-refractivity contribution in [2.45, 2.75) is 13.5 Å². The molecule has 5 nitrogen and oxygen atoms in total. The Kier molecular flexibility index (Phi) is 6.03. The monoisotopic (exact) mass is 330 g/mol. The lowest BCUT2D eigenvalue weighted by Crippen LogP contribution is -2.20. The zero-order valence-electron chi connectivity index (χ0n) is 13.8. The minimum absolute atomic E-state index is 0.0520. The van der Waals surface area contributed by atoms with E-state index in [0.29, 0.717) is 18.1 Å². The molecule has 0 spiro atoms. The molecule has 2 aromatic rings. The van der Waals surface area contributed by atoms with Gasteiger partial charge in [-0.05, 0) is 42.8 Å². The van der Waals surface area contributed by atoms with Gasteiger partial charge in [-0.15, -0.1) is 0 Å². The average molecular weight is 330 g/mol. The molecule has 0 saturated heterocycles. The molecule has 1 amide bonds. The molecule has 0 saturated carbocycles. The molecule has 0 aliphatic heterocycles. The second-order valence-corrected chi connectivity index (χ2v) is 5.08. The third-order valence-corrected chi connectivity index (χ3v) is 3.44. The Hall–Kier alpha value is -2.73. The van der Waals surface area contributed by atoms with E-state index < -0.39 is 11.7 Å². The van der Waals surface area contributed by atoms with Gasteiger partial charge < -0.3 is 9.47 Å². The molecule has 1 N–H and O–H groups in total. The number of nitrogens with one attached hydrogen (secondary N) is 1. The summed E-state index contributed by atoms with van der Waals surface area (Å²) in [6.07, 6.45) is 0. The van der Waals surface area contributed by atoms with Gasteiger partial charge in [-0.25, -0.2) is 9.82 Å². The van der Waals surface area contributed by atoms with E-state index in [0.717, 1.165) is 11.1 Å². The molecule has 6 heteroatoms. The number of nitrogens with zero attached hydrogens (tertiary/aromatic N) is 1. The summed E-state index contributed by atoms with van der Waals surface area (Å²) in [4.78, 5) is 12.0. The highest BCUT2D eigenvalue weighted by Crippen LogP contribution is 2.21. The van der Waals surface area contributed by atoms with Crippen LogP contribution in [0, 0.1) is 5.82 Å². The van der Waals surface area contributed by atoms with Gasteiger partial charge in [0.15, 0.2) is 0 Å². The van der Waals surface area contributed by atoms with Crippen molar-refractivity contribution >= 4 is 11.6 Å². The molecule has 2 rings (SSSR count). The molecule has 0 atom stereocenters. The third-order valence-electron chi connectivity index (χ3n) is 3.44. The summed E-state index contributed by atoms with van der Waals surface area (Å²) in [5, 5.41) is 4.04. The smallest absolute Gasteiger partial charge is 0.274 e. The zero-order chi connectivity index (χ0) is 17.5. The lowest BCUT2D eigenvalue weighted by molar-refractivity contribution is 0.0951. The summed E-state index contributed by atoms with van der Waals surface area (Å²) in [7, 11) is 3.19. The molecule has 0 bridgehead atoms. The van der Waals surface area contributed by atoms with Gasteiger partial charge in [0.25, 0.3) is 5.91 Å². The maximum atomic E-state index is 13.6. The van der Waals surface area contributed by atoms with E-state index in [1.54, 1.807) is 33.3 Å². The number of ether oxygens (including phenoxy) is 2. The summed E-state index contributed by atoms with van der Waals surface area (Å²) in [6, 6.07) is 11.2. The van der Waals surface area contributed by atoms with E-state index in [4.69, 9.17) is 9.47 Å². The van der Waals surface area contributed by atoms with E-state index in [9.17, 15) is 9.18 Å². The van der Waals surface area contributed by atoms with Crippen LogP contribution in [0.3, 0.4) is 0 Å². The van der Waals surface area contributed by atoms with Crippen LogP contribution in [0.15, 0.2) is 47.6 Å². The molecule has 24 heavy (non-hydrogen) atoms. The van der Waals surface area contributed by atoms with E-state index in [-0.39, 0.29) is 5.56 Å². The summed E-state index contributed by atoms with van der Waals surface area (Å²) in [5.41, 5.74) is 4.57. The molecule has 0 aliphatic carbocycles. The molecular formula is C18H19FN2O3. The van der Waals surface area contributed by atoms with E-state index in [1.807, 2.05) is 12.1 Å². The normalized spacial score (nSPS) is 11.2. The Balaban J connectivity index is 2.17. The molecule has 0 heterocycles. The highest BCUT2D eigenvalue weighted by molar-refractivity contribution is 6.01. The average Bonchev–Trinajstić information content (AvgIpc) is 2.60. The number of benzene rings is 2. The van der Waals surface area contributed by atoms with E-state index >= 15 is 0 Å². The number of halogens is 1. The Morgan fingerprint density at radius 1 is 1.21 bits per heavy atom. The second kappa shape index (κ2) is 8.21. The maximum Gasteiger partial charge on any atom is 0.274 e. The molecule has 0 aliphatic rings. The van der Waals surface area contributed by atoms with Crippen LogP contribution in [0.25, 0.3) is 0 Å². The van der Waals surface area contributed by atoms with Gasteiger partial charge in [-0.1, -0.05) is 12.1 Å². The fourth-order valence-corrected chi connectivity index (χ4v) is 2.18. The van der Waals surface area contributed by atoms with E-state index in [2.05, 4.69) is 10.5 Å². The van der Waals surface area contributed by atoms with Crippen molar-refractivity contribution < 1.29 is 18.7 Å². The fourth-order valence-electron chi connectivity index (χ4n) is 2.18. The SMILES string of the molecule is COCc1cc(/C(C)=N\NC(=O)c2ccccc2F)ccc1OC. The lowest BCUT2D eigenvalue weighted by atomic mass is 10.1. The predicted molar refractivity (Wildman–Crippen MR) is 89.8 cm³/mol. The lowest BCUT2D eigenvalue weighted by Gasteiger charge is -2.10. The van der Waals surface area contributed by atoms with Crippen LogP contribution in [0.4, 0.5) is 4.39 Å². The van der Waals surface area contributed by atoms with Gasteiger partial charge in [0.2, 0.25) is 0 Å². The van der Waals surface area contributed by atoms with Crippen molar-refractivity contribution in [3.8, 4) is 5.75 Å². The second-order valence-electron chi connectivity index (χ2n) is 5.08. The highest BCUT2D eigenvalue weighted by atomic mass is 19.1. The zero-order valence-corrected chi connectivity index (χ0v) is 13.8. The Morgan fingerprint density at radius 2 is 1.96 bits per heavy atom. The quantitative estimate of drug-likeness (QED) is 0.654. The van der Waals surface area contributed by atoms with Crippen LogP contribution in [0.5, 0.6) is 5.75 Å². The first kappa shape index (κ1) is 17.6. The summed E-state index contributed by atoms with van der Waals surface area (Å²) < 4.78 is 24.0. The fraction of sp³-hybridized carbons (Fsp3) is 0.222. The van der Waals surface area contributed by atoms with Gasteiger partial charge in [-0.2, -0.15) is 5.10 Å². The van der Waals surface area contributed by atoms with Gasteiger partial charge in [-0.3, -0.25) is 4.79 Å². The number of carbonyl (C=O) groups is 1. The van der Waals surface area contributed by atoms with Crippen molar-refractivity contribution in [1.29, 1.82) is 0 Å². The number of rotatable bonds is 6. The predicted octanol–water partition coefficient (Wildman–Crippen LogP) is 3.13. The van der Waals surface area contributed by atoms with Gasteiger partial charge >= 0.3 is 0 Å². The Bertz CT molecular complexity index is 760. The first-order chi connectivity index (χ1) is 11.6. The number of hydrogen-bond acceptors (Lipinski definition) is 4. The minimum atomic E-state index is -0.599. The summed E-state index contributed by atoms with van der Waals surface area (Å²) >= 11 is 0. The van der Waals surface area contributed by atoms with Gasteiger partial charge in [0.05, 0.1) is 25.0 Å². The number of carbonyl (C=O) groups excluding carboxylic acids is 1. The minimum Gasteiger partial charge on any atom is -0.496 e. The molecule has 0 fully saturated rings. The van der Waals surface area contributed by atoms with E-state index in [1.165, 1.54) is 18.2 Å². The topological polar surface area (TPSA) is 59.9 Å². The largest absolute Gasteiger partial charge is 0.496 e. The van der Waals surface area contributed by atoms with Gasteiger partial charge in [0.1, 0.15) is 11.6 Å². The molecular weight excluding hydrogens is 311 g/mol.